The van der Waals surface area contributed by atoms with E-state index in [2.05, 4.69) is 11.4 Å². The van der Waals surface area contributed by atoms with E-state index in [9.17, 15) is 4.79 Å². The fourth-order valence-corrected chi connectivity index (χ4v) is 1.86. The van der Waals surface area contributed by atoms with Crippen LogP contribution in [-0.2, 0) is 4.79 Å². The molecular weight excluding hydrogens is 238 g/mol. The van der Waals surface area contributed by atoms with Gasteiger partial charge in [-0.15, -0.1) is 0 Å². The van der Waals surface area contributed by atoms with E-state index in [-0.39, 0.29) is 12.3 Å². The van der Waals surface area contributed by atoms with Gasteiger partial charge in [0.25, 0.3) is 0 Å². The standard InChI is InChI=1S/C15H21N3O/c1-4-18(5-2)15(19)10-14(11-16)17-13-8-6-12(3)7-9-13/h6-9,14,17H,4-5,10H2,1-3H3. The lowest BCUT2D eigenvalue weighted by atomic mass is 10.1. The number of nitriles is 1. The number of hydrogen-bond donors (Lipinski definition) is 1. The van der Waals surface area contributed by atoms with Gasteiger partial charge < -0.3 is 10.2 Å². The van der Waals surface area contributed by atoms with E-state index in [0.29, 0.717) is 13.1 Å². The molecule has 1 atom stereocenters. The minimum atomic E-state index is -0.490. The minimum Gasteiger partial charge on any atom is -0.369 e. The molecule has 1 unspecified atom stereocenters. The van der Waals surface area contributed by atoms with Crippen LogP contribution in [0.2, 0.25) is 0 Å². The van der Waals surface area contributed by atoms with Gasteiger partial charge in [-0.2, -0.15) is 5.26 Å². The molecule has 4 nitrogen and oxygen atoms in total. The molecule has 0 radical (unpaired) electrons. The number of carbonyl (C=O) groups excluding carboxylic acids is 1. The van der Waals surface area contributed by atoms with Crippen LogP contribution in [0.5, 0.6) is 0 Å². The number of nitrogens with one attached hydrogen (secondary N) is 1. The first-order chi connectivity index (χ1) is 9.10. The second-order valence-corrected chi connectivity index (χ2v) is 4.46. The molecular formula is C15H21N3O. The van der Waals surface area contributed by atoms with Gasteiger partial charge in [-0.05, 0) is 32.9 Å². The maximum absolute atomic E-state index is 12.0. The zero-order valence-electron chi connectivity index (χ0n) is 11.8. The van der Waals surface area contributed by atoms with E-state index in [1.54, 1.807) is 4.90 Å². The number of benzene rings is 1. The van der Waals surface area contributed by atoms with Crippen molar-refractivity contribution in [3.8, 4) is 6.07 Å². The van der Waals surface area contributed by atoms with Crippen molar-refractivity contribution >= 4 is 11.6 Å². The first-order valence-electron chi connectivity index (χ1n) is 6.61. The van der Waals surface area contributed by atoms with Crippen LogP contribution in [0.3, 0.4) is 0 Å². The van der Waals surface area contributed by atoms with Crippen molar-refractivity contribution in [3.05, 3.63) is 29.8 Å². The monoisotopic (exact) mass is 259 g/mol. The molecule has 19 heavy (non-hydrogen) atoms. The van der Waals surface area contributed by atoms with E-state index in [1.807, 2.05) is 45.0 Å². The molecule has 0 aromatic heterocycles. The molecule has 1 rings (SSSR count). The summed E-state index contributed by atoms with van der Waals surface area (Å²) in [5.74, 6) is 0.0103. The Hall–Kier alpha value is -2.02. The third-order valence-electron chi connectivity index (χ3n) is 3.04. The molecule has 0 aliphatic carbocycles. The molecule has 0 aliphatic heterocycles. The molecule has 1 N–H and O–H groups in total. The lowest BCUT2D eigenvalue weighted by Gasteiger charge is -2.21. The molecule has 0 fully saturated rings. The second kappa shape index (κ2) is 7.42. The Morgan fingerprint density at radius 2 is 1.89 bits per heavy atom. The molecule has 0 saturated carbocycles. The van der Waals surface area contributed by atoms with Gasteiger partial charge in [0.1, 0.15) is 6.04 Å². The summed E-state index contributed by atoms with van der Waals surface area (Å²) in [4.78, 5) is 13.7. The van der Waals surface area contributed by atoms with Crippen molar-refractivity contribution in [3.63, 3.8) is 0 Å². The maximum Gasteiger partial charge on any atom is 0.225 e. The summed E-state index contributed by atoms with van der Waals surface area (Å²) in [6, 6.07) is 9.44. The number of hydrogen-bond acceptors (Lipinski definition) is 3. The van der Waals surface area contributed by atoms with Crippen LogP contribution in [0.4, 0.5) is 5.69 Å². The van der Waals surface area contributed by atoms with Gasteiger partial charge in [0.2, 0.25) is 5.91 Å². The SMILES string of the molecule is CCN(CC)C(=O)CC(C#N)Nc1ccc(C)cc1. The Morgan fingerprint density at radius 1 is 1.32 bits per heavy atom. The highest BCUT2D eigenvalue weighted by molar-refractivity contribution is 5.77. The van der Waals surface area contributed by atoms with Crippen molar-refractivity contribution in [1.29, 1.82) is 5.26 Å². The third-order valence-corrected chi connectivity index (χ3v) is 3.04. The maximum atomic E-state index is 12.0. The molecule has 1 amide bonds. The largest absolute Gasteiger partial charge is 0.369 e. The molecule has 4 heteroatoms. The summed E-state index contributed by atoms with van der Waals surface area (Å²) in [5, 5.41) is 12.2. The van der Waals surface area contributed by atoms with Crippen LogP contribution in [0, 0.1) is 18.3 Å². The Kier molecular flexibility index (Phi) is 5.87. The molecule has 0 spiro atoms. The van der Waals surface area contributed by atoms with Gasteiger partial charge in [-0.25, -0.2) is 0 Å². The Balaban J connectivity index is 2.62. The summed E-state index contributed by atoms with van der Waals surface area (Å²) >= 11 is 0. The quantitative estimate of drug-likeness (QED) is 0.854. The first-order valence-corrected chi connectivity index (χ1v) is 6.61. The van der Waals surface area contributed by atoms with Gasteiger partial charge in [0.15, 0.2) is 0 Å². The lowest BCUT2D eigenvalue weighted by molar-refractivity contribution is -0.130. The highest BCUT2D eigenvalue weighted by Gasteiger charge is 2.16. The average molecular weight is 259 g/mol. The normalized spacial score (nSPS) is 11.5. The summed E-state index contributed by atoms with van der Waals surface area (Å²) in [5.41, 5.74) is 2.03. The number of amides is 1. The van der Waals surface area contributed by atoms with Crippen molar-refractivity contribution in [1.82, 2.24) is 4.90 Å². The molecule has 0 heterocycles. The third kappa shape index (κ3) is 4.63. The zero-order chi connectivity index (χ0) is 14.3. The molecule has 1 aromatic rings. The summed E-state index contributed by atoms with van der Waals surface area (Å²) in [7, 11) is 0. The molecule has 0 bridgehead atoms. The van der Waals surface area contributed by atoms with Gasteiger partial charge in [0.05, 0.1) is 12.5 Å². The zero-order valence-corrected chi connectivity index (χ0v) is 11.8. The van der Waals surface area contributed by atoms with E-state index in [4.69, 9.17) is 5.26 Å². The van der Waals surface area contributed by atoms with E-state index < -0.39 is 6.04 Å². The minimum absolute atomic E-state index is 0.0103. The van der Waals surface area contributed by atoms with Gasteiger partial charge in [-0.3, -0.25) is 4.79 Å². The van der Waals surface area contributed by atoms with Gasteiger partial charge in [0, 0.05) is 18.8 Å². The summed E-state index contributed by atoms with van der Waals surface area (Å²) in [6.45, 7) is 7.25. The predicted octanol–water partition coefficient (Wildman–Crippen LogP) is 2.56. The highest BCUT2D eigenvalue weighted by atomic mass is 16.2. The van der Waals surface area contributed by atoms with E-state index >= 15 is 0 Å². The van der Waals surface area contributed by atoms with E-state index in [0.717, 1.165) is 5.69 Å². The van der Waals surface area contributed by atoms with Crippen LogP contribution in [-0.4, -0.2) is 29.9 Å². The lowest BCUT2D eigenvalue weighted by Crippen LogP contribution is -2.34. The summed E-state index contributed by atoms with van der Waals surface area (Å²) in [6.07, 6.45) is 0.200. The number of aryl methyl sites for hydroxylation is 1. The van der Waals surface area contributed by atoms with Crippen LogP contribution in [0.15, 0.2) is 24.3 Å². The van der Waals surface area contributed by atoms with Crippen LogP contribution < -0.4 is 5.32 Å². The van der Waals surface area contributed by atoms with Gasteiger partial charge >= 0.3 is 0 Å². The summed E-state index contributed by atoms with van der Waals surface area (Å²) < 4.78 is 0. The van der Waals surface area contributed by atoms with E-state index in [1.165, 1.54) is 5.56 Å². The second-order valence-electron chi connectivity index (χ2n) is 4.46. The molecule has 1 aromatic carbocycles. The van der Waals surface area contributed by atoms with Crippen molar-refractivity contribution in [2.24, 2.45) is 0 Å². The van der Waals surface area contributed by atoms with Crippen LogP contribution in [0.1, 0.15) is 25.8 Å². The number of carbonyl (C=O) groups is 1. The Labute approximate surface area is 115 Å². The first kappa shape index (κ1) is 15.0. The molecule has 0 aliphatic rings. The van der Waals surface area contributed by atoms with Crippen LogP contribution in [0.25, 0.3) is 0 Å². The highest BCUT2D eigenvalue weighted by Crippen LogP contribution is 2.11. The van der Waals surface area contributed by atoms with Crippen molar-refractivity contribution in [2.75, 3.05) is 18.4 Å². The van der Waals surface area contributed by atoms with Crippen molar-refractivity contribution < 1.29 is 4.79 Å². The smallest absolute Gasteiger partial charge is 0.225 e. The number of nitrogens with zero attached hydrogens (tertiary/aromatic N) is 2. The number of rotatable bonds is 6. The Morgan fingerprint density at radius 3 is 2.37 bits per heavy atom. The number of anilines is 1. The van der Waals surface area contributed by atoms with Gasteiger partial charge in [-0.1, -0.05) is 17.7 Å². The molecule has 102 valence electrons. The van der Waals surface area contributed by atoms with Crippen LogP contribution >= 0.6 is 0 Å². The average Bonchev–Trinajstić information content (AvgIpc) is 2.41. The predicted molar refractivity (Wildman–Crippen MR) is 76.7 cm³/mol. The fraction of sp³-hybridized carbons (Fsp3) is 0.467. The topological polar surface area (TPSA) is 56.1 Å². The Bertz CT molecular complexity index is 443. The van der Waals surface area contributed by atoms with Crippen molar-refractivity contribution in [2.45, 2.75) is 33.2 Å². The molecule has 0 saturated heterocycles. The fourth-order valence-electron chi connectivity index (χ4n) is 1.86.